The van der Waals surface area contributed by atoms with Crippen molar-refractivity contribution in [1.82, 2.24) is 4.90 Å². The van der Waals surface area contributed by atoms with Gasteiger partial charge in [-0.15, -0.1) is 0 Å². The van der Waals surface area contributed by atoms with Crippen molar-refractivity contribution in [2.24, 2.45) is 0 Å². The Labute approximate surface area is 110 Å². The molecule has 0 radical (unpaired) electrons. The van der Waals surface area contributed by atoms with Crippen LogP contribution in [0.2, 0.25) is 5.02 Å². The zero-order valence-corrected chi connectivity index (χ0v) is 12.0. The number of carbonyl (C=O) groups excluding carboxylic acids is 1. The summed E-state index contributed by atoms with van der Waals surface area (Å²) in [6, 6.07) is 5.37. The Hall–Kier alpha value is -0.540. The molecule has 0 heterocycles. The molecule has 0 saturated heterocycles. The maximum absolute atomic E-state index is 12.1. The second-order valence-electron chi connectivity index (χ2n) is 3.93. The molecule has 0 aliphatic heterocycles. The average Bonchev–Trinajstić information content (AvgIpc) is 2.19. The van der Waals surface area contributed by atoms with Crippen LogP contribution < -0.4 is 0 Å². The first-order valence-electron chi connectivity index (χ1n) is 5.07. The van der Waals surface area contributed by atoms with E-state index >= 15 is 0 Å². The molecule has 16 heavy (non-hydrogen) atoms. The lowest BCUT2D eigenvalue weighted by Crippen LogP contribution is -2.31. The molecule has 0 saturated carbocycles. The van der Waals surface area contributed by atoms with Crippen LogP contribution in [0, 0.1) is 6.92 Å². The van der Waals surface area contributed by atoms with Gasteiger partial charge in [0.1, 0.15) is 0 Å². The zero-order chi connectivity index (χ0) is 12.3. The van der Waals surface area contributed by atoms with Crippen LogP contribution in [0.25, 0.3) is 0 Å². The van der Waals surface area contributed by atoms with E-state index in [9.17, 15) is 4.79 Å². The van der Waals surface area contributed by atoms with Gasteiger partial charge in [0.25, 0.3) is 5.91 Å². The molecule has 4 heteroatoms. The largest absolute Gasteiger partial charge is 0.341 e. The number of alkyl halides is 1. The van der Waals surface area contributed by atoms with Gasteiger partial charge in [-0.3, -0.25) is 4.79 Å². The highest BCUT2D eigenvalue weighted by molar-refractivity contribution is 9.09. The van der Waals surface area contributed by atoms with Crippen LogP contribution in [0.15, 0.2) is 18.2 Å². The minimum absolute atomic E-state index is 0.00583. The first kappa shape index (κ1) is 13.5. The molecule has 0 aromatic heterocycles. The molecule has 1 amide bonds. The number of hydrogen-bond donors (Lipinski definition) is 0. The van der Waals surface area contributed by atoms with Crippen molar-refractivity contribution in [2.75, 3.05) is 13.6 Å². The predicted octanol–water partition coefficient (Wildman–Crippen LogP) is 3.50. The Morgan fingerprint density at radius 2 is 2.19 bits per heavy atom. The van der Waals surface area contributed by atoms with Crippen molar-refractivity contribution in [3.05, 3.63) is 34.3 Å². The number of carbonyl (C=O) groups is 1. The third-order valence-corrected chi connectivity index (χ3v) is 2.83. The molecule has 88 valence electrons. The smallest absolute Gasteiger partial charge is 0.253 e. The van der Waals surface area contributed by atoms with Crippen molar-refractivity contribution < 1.29 is 4.79 Å². The van der Waals surface area contributed by atoms with E-state index in [4.69, 9.17) is 11.6 Å². The number of hydrogen-bond acceptors (Lipinski definition) is 1. The van der Waals surface area contributed by atoms with E-state index in [2.05, 4.69) is 15.9 Å². The highest BCUT2D eigenvalue weighted by atomic mass is 79.9. The lowest BCUT2D eigenvalue weighted by atomic mass is 10.1. The van der Waals surface area contributed by atoms with E-state index in [1.807, 2.05) is 19.9 Å². The van der Waals surface area contributed by atoms with Gasteiger partial charge in [0.05, 0.1) is 0 Å². The van der Waals surface area contributed by atoms with Crippen LogP contribution in [-0.2, 0) is 0 Å². The Kier molecular flexibility index (Phi) is 4.81. The molecule has 1 unspecified atom stereocenters. The highest BCUT2D eigenvalue weighted by Gasteiger charge is 2.15. The van der Waals surface area contributed by atoms with Gasteiger partial charge in [-0.2, -0.15) is 0 Å². The van der Waals surface area contributed by atoms with E-state index in [0.29, 0.717) is 17.1 Å². The molecule has 2 nitrogen and oxygen atoms in total. The topological polar surface area (TPSA) is 20.3 Å². The van der Waals surface area contributed by atoms with Crippen LogP contribution in [-0.4, -0.2) is 29.2 Å². The minimum atomic E-state index is 0.00583. The molecule has 1 aromatic rings. The number of amides is 1. The Balaban J connectivity index is 2.91. The molecule has 0 aliphatic carbocycles. The standard InChI is InChI=1S/C12H15BrClNO/c1-8-4-5-10(14)6-11(8)12(16)15(3)7-9(2)13/h4-6,9H,7H2,1-3H3. The van der Waals surface area contributed by atoms with Gasteiger partial charge in [-0.1, -0.05) is 40.5 Å². The second-order valence-corrected chi connectivity index (χ2v) is 5.93. The van der Waals surface area contributed by atoms with E-state index in [1.54, 1.807) is 24.1 Å². The fraction of sp³-hybridized carbons (Fsp3) is 0.417. The molecule has 1 rings (SSSR count). The van der Waals surface area contributed by atoms with Gasteiger partial charge in [0.15, 0.2) is 0 Å². The van der Waals surface area contributed by atoms with Crippen molar-refractivity contribution in [2.45, 2.75) is 18.7 Å². The first-order chi connectivity index (χ1) is 7.41. The SMILES string of the molecule is Cc1ccc(Cl)cc1C(=O)N(C)CC(C)Br. The first-order valence-corrected chi connectivity index (χ1v) is 6.37. The molecule has 0 aliphatic rings. The lowest BCUT2D eigenvalue weighted by Gasteiger charge is -2.19. The summed E-state index contributed by atoms with van der Waals surface area (Å²) in [7, 11) is 1.79. The third kappa shape index (κ3) is 3.49. The van der Waals surface area contributed by atoms with Crippen molar-refractivity contribution in [1.29, 1.82) is 0 Å². The summed E-state index contributed by atoms with van der Waals surface area (Å²) < 4.78 is 0. The summed E-state index contributed by atoms with van der Waals surface area (Å²) in [6.07, 6.45) is 0. The summed E-state index contributed by atoms with van der Waals surface area (Å²) in [5, 5.41) is 0.592. The van der Waals surface area contributed by atoms with E-state index in [1.165, 1.54) is 0 Å². The Morgan fingerprint density at radius 3 is 2.75 bits per heavy atom. The fourth-order valence-corrected chi connectivity index (χ4v) is 2.10. The lowest BCUT2D eigenvalue weighted by molar-refractivity contribution is 0.0796. The molecular weight excluding hydrogens is 289 g/mol. The van der Waals surface area contributed by atoms with Crippen LogP contribution in [0.1, 0.15) is 22.8 Å². The van der Waals surface area contributed by atoms with Gasteiger partial charge in [0.2, 0.25) is 0 Å². The maximum atomic E-state index is 12.1. The normalized spacial score (nSPS) is 12.3. The van der Waals surface area contributed by atoms with Gasteiger partial charge >= 0.3 is 0 Å². The number of benzene rings is 1. The van der Waals surface area contributed by atoms with E-state index in [0.717, 1.165) is 5.56 Å². The second kappa shape index (κ2) is 5.69. The minimum Gasteiger partial charge on any atom is -0.341 e. The van der Waals surface area contributed by atoms with Gasteiger partial charge in [-0.25, -0.2) is 0 Å². The molecule has 0 spiro atoms. The van der Waals surface area contributed by atoms with Crippen molar-refractivity contribution >= 4 is 33.4 Å². The molecule has 1 aromatic carbocycles. The van der Waals surface area contributed by atoms with Gasteiger partial charge in [0, 0.05) is 29.0 Å². The number of nitrogens with zero attached hydrogens (tertiary/aromatic N) is 1. The summed E-state index contributed by atoms with van der Waals surface area (Å²) in [5.41, 5.74) is 1.62. The van der Waals surface area contributed by atoms with Gasteiger partial charge in [-0.05, 0) is 24.6 Å². The van der Waals surface area contributed by atoms with Crippen molar-refractivity contribution in [3.8, 4) is 0 Å². The Morgan fingerprint density at radius 1 is 1.56 bits per heavy atom. The summed E-state index contributed by atoms with van der Waals surface area (Å²) in [6.45, 7) is 4.59. The van der Waals surface area contributed by atoms with Crippen LogP contribution in [0.5, 0.6) is 0 Å². The quantitative estimate of drug-likeness (QED) is 0.783. The fourth-order valence-electron chi connectivity index (χ4n) is 1.49. The molecule has 0 bridgehead atoms. The summed E-state index contributed by atoms with van der Waals surface area (Å²) >= 11 is 9.32. The van der Waals surface area contributed by atoms with Crippen LogP contribution in [0.3, 0.4) is 0 Å². The molecule has 0 N–H and O–H groups in total. The zero-order valence-electron chi connectivity index (χ0n) is 9.63. The summed E-state index contributed by atoms with van der Waals surface area (Å²) in [4.78, 5) is 14.1. The van der Waals surface area contributed by atoms with Gasteiger partial charge < -0.3 is 4.90 Å². The third-order valence-electron chi connectivity index (χ3n) is 2.30. The number of rotatable bonds is 3. The molecule has 1 atom stereocenters. The number of halogens is 2. The highest BCUT2D eigenvalue weighted by Crippen LogP contribution is 2.17. The van der Waals surface area contributed by atoms with Crippen LogP contribution >= 0.6 is 27.5 Å². The number of aryl methyl sites for hydroxylation is 1. The Bertz CT molecular complexity index is 393. The predicted molar refractivity (Wildman–Crippen MR) is 71.5 cm³/mol. The summed E-state index contributed by atoms with van der Waals surface area (Å²) in [5.74, 6) is 0.00583. The monoisotopic (exact) mass is 303 g/mol. The van der Waals surface area contributed by atoms with Crippen molar-refractivity contribution in [3.63, 3.8) is 0 Å². The van der Waals surface area contributed by atoms with E-state index < -0.39 is 0 Å². The average molecular weight is 305 g/mol. The maximum Gasteiger partial charge on any atom is 0.253 e. The molecular formula is C12H15BrClNO. The van der Waals surface area contributed by atoms with E-state index in [-0.39, 0.29) is 10.7 Å². The molecule has 0 fully saturated rings. The van der Waals surface area contributed by atoms with Crippen LogP contribution in [0.4, 0.5) is 0 Å².